The van der Waals surface area contributed by atoms with Gasteiger partial charge in [0, 0.05) is 14.1 Å². The van der Waals surface area contributed by atoms with E-state index >= 15 is 0 Å². The van der Waals surface area contributed by atoms with Gasteiger partial charge in [-0.1, -0.05) is 13.8 Å². The molecular weight excluding hydrogens is 188 g/mol. The lowest BCUT2D eigenvalue weighted by Crippen LogP contribution is -2.29. The molecule has 0 aromatic heterocycles. The van der Waals surface area contributed by atoms with Crippen LogP contribution in [0.1, 0.15) is 34.6 Å². The van der Waals surface area contributed by atoms with Crippen molar-refractivity contribution in [1.82, 2.24) is 4.90 Å². The largest absolute Gasteiger partial charge is 0.374 e. The van der Waals surface area contributed by atoms with Gasteiger partial charge in [0.05, 0.1) is 24.6 Å². The first kappa shape index (κ1) is 14.4. The van der Waals surface area contributed by atoms with Crippen LogP contribution in [0.4, 0.5) is 0 Å². The van der Waals surface area contributed by atoms with E-state index < -0.39 is 0 Å². The quantitative estimate of drug-likeness (QED) is 0.518. The van der Waals surface area contributed by atoms with Crippen LogP contribution in [0, 0.1) is 5.92 Å². The molecule has 0 aromatic carbocycles. The second-order valence-electron chi connectivity index (χ2n) is 5.46. The van der Waals surface area contributed by atoms with Crippen molar-refractivity contribution in [2.24, 2.45) is 10.9 Å². The van der Waals surface area contributed by atoms with Gasteiger partial charge in [0.15, 0.2) is 0 Å². The van der Waals surface area contributed by atoms with Crippen molar-refractivity contribution in [3.05, 3.63) is 0 Å². The predicted molar refractivity (Wildman–Crippen MR) is 66.5 cm³/mol. The number of hydrogen-bond acceptors (Lipinski definition) is 2. The molecule has 1 unspecified atom stereocenters. The maximum absolute atomic E-state index is 5.75. The van der Waals surface area contributed by atoms with E-state index in [4.69, 9.17) is 4.74 Å². The van der Waals surface area contributed by atoms with Crippen molar-refractivity contribution in [3.63, 3.8) is 0 Å². The fourth-order valence-electron chi connectivity index (χ4n) is 0.962. The molecular formula is C12H26N2O. The molecule has 3 nitrogen and oxygen atoms in total. The third kappa shape index (κ3) is 8.43. The standard InChI is InChI=1S/C12H26N2O/c1-10(2)11(13-9-14(6)7)8-15-12(3,4)5/h9-11H,8H2,1-7H3. The maximum Gasteiger partial charge on any atom is 0.0849 e. The minimum absolute atomic E-state index is 0.0826. The van der Waals surface area contributed by atoms with Crippen LogP contribution >= 0.6 is 0 Å². The first-order valence-corrected chi connectivity index (χ1v) is 5.56. The second kappa shape index (κ2) is 6.11. The molecule has 0 saturated heterocycles. The Morgan fingerprint density at radius 3 is 2.13 bits per heavy atom. The summed E-state index contributed by atoms with van der Waals surface area (Å²) in [4.78, 5) is 6.45. The van der Waals surface area contributed by atoms with E-state index in [2.05, 4.69) is 39.6 Å². The van der Waals surface area contributed by atoms with Crippen LogP contribution in [0.2, 0.25) is 0 Å². The fraction of sp³-hybridized carbons (Fsp3) is 0.917. The molecule has 0 N–H and O–H groups in total. The van der Waals surface area contributed by atoms with Crippen LogP contribution in [-0.4, -0.2) is 43.6 Å². The fourth-order valence-corrected chi connectivity index (χ4v) is 0.962. The minimum Gasteiger partial charge on any atom is -0.374 e. The average Bonchev–Trinajstić information content (AvgIpc) is 2.00. The Kier molecular flexibility index (Phi) is 5.88. The highest BCUT2D eigenvalue weighted by atomic mass is 16.5. The summed E-state index contributed by atoms with van der Waals surface area (Å²) in [7, 11) is 3.96. The van der Waals surface area contributed by atoms with E-state index in [0.717, 1.165) is 0 Å². The number of ether oxygens (including phenoxy) is 1. The Hall–Kier alpha value is -0.570. The van der Waals surface area contributed by atoms with Crippen LogP contribution in [0.5, 0.6) is 0 Å². The smallest absolute Gasteiger partial charge is 0.0849 e. The van der Waals surface area contributed by atoms with Gasteiger partial charge in [0.2, 0.25) is 0 Å². The van der Waals surface area contributed by atoms with E-state index in [1.165, 1.54) is 0 Å². The highest BCUT2D eigenvalue weighted by molar-refractivity contribution is 5.54. The molecule has 1 atom stereocenters. The van der Waals surface area contributed by atoms with Gasteiger partial charge in [-0.3, -0.25) is 4.99 Å². The third-order valence-corrected chi connectivity index (χ3v) is 1.95. The molecule has 0 rings (SSSR count). The van der Waals surface area contributed by atoms with Crippen molar-refractivity contribution in [2.75, 3.05) is 20.7 Å². The van der Waals surface area contributed by atoms with Crippen molar-refractivity contribution >= 4 is 6.34 Å². The summed E-state index contributed by atoms with van der Waals surface area (Å²) >= 11 is 0. The highest BCUT2D eigenvalue weighted by Gasteiger charge is 2.16. The second-order valence-corrected chi connectivity index (χ2v) is 5.46. The minimum atomic E-state index is -0.0826. The summed E-state index contributed by atoms with van der Waals surface area (Å²) in [5.74, 6) is 0.503. The molecule has 90 valence electrons. The Labute approximate surface area is 94.5 Å². The zero-order valence-electron chi connectivity index (χ0n) is 11.2. The Morgan fingerprint density at radius 2 is 1.80 bits per heavy atom. The molecule has 15 heavy (non-hydrogen) atoms. The van der Waals surface area contributed by atoms with Gasteiger partial charge >= 0.3 is 0 Å². The first-order valence-electron chi connectivity index (χ1n) is 5.56. The summed E-state index contributed by atoms with van der Waals surface area (Å²) in [6.07, 6.45) is 1.86. The van der Waals surface area contributed by atoms with Crippen LogP contribution in [0.3, 0.4) is 0 Å². The van der Waals surface area contributed by atoms with E-state index in [1.54, 1.807) is 0 Å². The summed E-state index contributed by atoms with van der Waals surface area (Å²) < 4.78 is 5.75. The molecule has 0 aliphatic heterocycles. The molecule has 0 heterocycles. The number of rotatable bonds is 5. The zero-order valence-corrected chi connectivity index (χ0v) is 11.2. The highest BCUT2D eigenvalue weighted by Crippen LogP contribution is 2.12. The molecule has 0 fully saturated rings. The molecule has 0 aliphatic rings. The Morgan fingerprint density at radius 1 is 1.27 bits per heavy atom. The summed E-state index contributed by atoms with van der Waals surface area (Å²) in [6.45, 7) is 11.2. The average molecular weight is 214 g/mol. The molecule has 0 aliphatic carbocycles. The van der Waals surface area contributed by atoms with Crippen LogP contribution < -0.4 is 0 Å². The monoisotopic (exact) mass is 214 g/mol. The zero-order chi connectivity index (χ0) is 12.1. The SMILES string of the molecule is CC(C)C(COC(C)(C)C)N=CN(C)C. The van der Waals surface area contributed by atoms with Gasteiger partial charge in [-0.25, -0.2) is 0 Å². The maximum atomic E-state index is 5.75. The third-order valence-electron chi connectivity index (χ3n) is 1.95. The van der Waals surface area contributed by atoms with Crippen molar-refractivity contribution in [3.8, 4) is 0 Å². The molecule has 3 heteroatoms. The van der Waals surface area contributed by atoms with Crippen LogP contribution in [0.25, 0.3) is 0 Å². The van der Waals surface area contributed by atoms with Crippen molar-refractivity contribution in [2.45, 2.75) is 46.3 Å². The van der Waals surface area contributed by atoms with Crippen molar-refractivity contribution < 1.29 is 4.74 Å². The van der Waals surface area contributed by atoms with Gasteiger partial charge in [-0.05, 0) is 26.7 Å². The van der Waals surface area contributed by atoms with E-state index in [9.17, 15) is 0 Å². The van der Waals surface area contributed by atoms with Gasteiger partial charge in [-0.15, -0.1) is 0 Å². The Bertz CT molecular complexity index is 192. The first-order chi connectivity index (χ1) is 6.72. The number of hydrogen-bond donors (Lipinski definition) is 0. The van der Waals surface area contributed by atoms with E-state index in [0.29, 0.717) is 12.5 Å². The molecule has 0 amide bonds. The topological polar surface area (TPSA) is 24.8 Å². The Balaban J connectivity index is 4.18. The molecule has 0 bridgehead atoms. The predicted octanol–water partition coefficient (Wildman–Crippen LogP) is 2.42. The summed E-state index contributed by atoms with van der Waals surface area (Å²) in [5, 5.41) is 0. The lowest BCUT2D eigenvalue weighted by Gasteiger charge is -2.24. The van der Waals surface area contributed by atoms with E-state index in [-0.39, 0.29) is 11.6 Å². The lowest BCUT2D eigenvalue weighted by molar-refractivity contribution is -0.0144. The number of nitrogens with zero attached hydrogens (tertiary/aromatic N) is 2. The van der Waals surface area contributed by atoms with Crippen LogP contribution in [0.15, 0.2) is 4.99 Å². The molecule has 0 spiro atoms. The number of aliphatic imine (C=N–C) groups is 1. The van der Waals surface area contributed by atoms with Gasteiger partial charge in [0.25, 0.3) is 0 Å². The summed E-state index contributed by atoms with van der Waals surface area (Å²) in [6, 6.07) is 0.242. The molecule has 0 aromatic rings. The molecule has 0 radical (unpaired) electrons. The normalized spacial score (nSPS) is 14.9. The van der Waals surface area contributed by atoms with Gasteiger partial charge < -0.3 is 9.64 Å². The van der Waals surface area contributed by atoms with Crippen LogP contribution in [-0.2, 0) is 4.74 Å². The molecule has 0 saturated carbocycles. The lowest BCUT2D eigenvalue weighted by atomic mass is 10.1. The van der Waals surface area contributed by atoms with Gasteiger partial charge in [-0.2, -0.15) is 0 Å². The van der Waals surface area contributed by atoms with E-state index in [1.807, 2.05) is 25.3 Å². The van der Waals surface area contributed by atoms with Crippen molar-refractivity contribution in [1.29, 1.82) is 0 Å². The summed E-state index contributed by atoms with van der Waals surface area (Å²) in [5.41, 5.74) is -0.0826. The van der Waals surface area contributed by atoms with Gasteiger partial charge in [0.1, 0.15) is 0 Å².